The van der Waals surface area contributed by atoms with Crippen molar-refractivity contribution in [1.82, 2.24) is 4.90 Å². The van der Waals surface area contributed by atoms with Gasteiger partial charge >= 0.3 is 5.97 Å². The van der Waals surface area contributed by atoms with Crippen molar-refractivity contribution in [2.75, 3.05) is 0 Å². The number of halogens is 2. The molecule has 1 aliphatic heterocycles. The third-order valence-corrected chi connectivity index (χ3v) is 5.73. The SMILES string of the molecule is CC(C(=O)OCc1ccc(F)cc1Br)N1C(=O)C2CCCCC2C1=O. The van der Waals surface area contributed by atoms with E-state index in [4.69, 9.17) is 4.74 Å². The minimum absolute atomic E-state index is 0.0624. The lowest BCUT2D eigenvalue weighted by Gasteiger charge is -2.21. The van der Waals surface area contributed by atoms with Gasteiger partial charge in [0.25, 0.3) is 0 Å². The Bertz CT molecular complexity index is 699. The normalized spacial score (nSPS) is 24.2. The van der Waals surface area contributed by atoms with Crippen LogP contribution in [0, 0.1) is 17.7 Å². The monoisotopic (exact) mass is 411 g/mol. The van der Waals surface area contributed by atoms with Gasteiger partial charge in [0.2, 0.25) is 11.8 Å². The fourth-order valence-corrected chi connectivity index (χ4v) is 4.05. The topological polar surface area (TPSA) is 63.7 Å². The molecule has 7 heteroatoms. The highest BCUT2D eigenvalue weighted by Crippen LogP contribution is 2.39. The number of carbonyl (C=O) groups is 3. The molecule has 1 heterocycles. The minimum Gasteiger partial charge on any atom is -0.459 e. The molecule has 134 valence electrons. The Kier molecular flexibility index (Phi) is 5.22. The summed E-state index contributed by atoms with van der Waals surface area (Å²) in [6, 6.07) is 3.11. The number of hydrogen-bond donors (Lipinski definition) is 0. The van der Waals surface area contributed by atoms with Gasteiger partial charge in [-0.15, -0.1) is 0 Å². The van der Waals surface area contributed by atoms with Gasteiger partial charge < -0.3 is 4.74 Å². The highest BCUT2D eigenvalue weighted by Gasteiger charge is 2.51. The summed E-state index contributed by atoms with van der Waals surface area (Å²) < 4.78 is 18.8. The summed E-state index contributed by atoms with van der Waals surface area (Å²) >= 11 is 3.21. The molecule has 1 aliphatic carbocycles. The highest BCUT2D eigenvalue weighted by atomic mass is 79.9. The van der Waals surface area contributed by atoms with Gasteiger partial charge in [0.05, 0.1) is 11.8 Å². The zero-order chi connectivity index (χ0) is 18.1. The molecule has 0 radical (unpaired) electrons. The molecular formula is C18H19BrFNO4. The van der Waals surface area contributed by atoms with Gasteiger partial charge in [-0.2, -0.15) is 0 Å². The second kappa shape index (κ2) is 7.23. The van der Waals surface area contributed by atoms with Gasteiger partial charge in [0.15, 0.2) is 0 Å². The second-order valence-electron chi connectivity index (χ2n) is 6.56. The Morgan fingerprint density at radius 2 is 1.88 bits per heavy atom. The van der Waals surface area contributed by atoms with E-state index in [2.05, 4.69) is 15.9 Å². The maximum absolute atomic E-state index is 13.1. The van der Waals surface area contributed by atoms with Gasteiger partial charge in [0, 0.05) is 10.0 Å². The Morgan fingerprint density at radius 3 is 2.44 bits per heavy atom. The number of benzene rings is 1. The molecular weight excluding hydrogens is 393 g/mol. The summed E-state index contributed by atoms with van der Waals surface area (Å²) in [7, 11) is 0. The summed E-state index contributed by atoms with van der Waals surface area (Å²) in [5, 5.41) is 0. The zero-order valence-corrected chi connectivity index (χ0v) is 15.4. The first kappa shape index (κ1) is 18.0. The molecule has 0 N–H and O–H groups in total. The molecule has 2 aliphatic rings. The van der Waals surface area contributed by atoms with E-state index in [1.807, 2.05) is 0 Å². The van der Waals surface area contributed by atoms with Crippen molar-refractivity contribution in [3.63, 3.8) is 0 Å². The zero-order valence-electron chi connectivity index (χ0n) is 13.8. The molecule has 3 atom stereocenters. The molecule has 1 saturated heterocycles. The maximum atomic E-state index is 13.1. The van der Waals surface area contributed by atoms with Crippen LogP contribution < -0.4 is 0 Å². The molecule has 0 bridgehead atoms. The Morgan fingerprint density at radius 1 is 1.28 bits per heavy atom. The van der Waals surface area contributed by atoms with E-state index < -0.39 is 17.8 Å². The standard InChI is InChI=1S/C18H19BrFNO4/c1-10(18(24)25-9-11-6-7-12(20)8-15(11)19)21-16(22)13-4-2-3-5-14(13)17(21)23/h6-8,10,13-14H,2-5,9H2,1H3. The highest BCUT2D eigenvalue weighted by molar-refractivity contribution is 9.10. The number of likely N-dealkylation sites (tertiary alicyclic amines) is 1. The van der Waals surface area contributed by atoms with Crippen LogP contribution in [0.15, 0.2) is 22.7 Å². The average molecular weight is 412 g/mol. The molecule has 1 aromatic rings. The summed E-state index contributed by atoms with van der Waals surface area (Å²) in [5.74, 6) is -2.14. The van der Waals surface area contributed by atoms with Crippen molar-refractivity contribution in [2.45, 2.75) is 45.3 Å². The molecule has 2 amide bonds. The lowest BCUT2D eigenvalue weighted by molar-refractivity contribution is -0.159. The molecule has 25 heavy (non-hydrogen) atoms. The number of amides is 2. The van der Waals surface area contributed by atoms with Crippen molar-refractivity contribution in [3.8, 4) is 0 Å². The van der Waals surface area contributed by atoms with E-state index in [1.54, 1.807) is 0 Å². The fourth-order valence-electron chi connectivity index (χ4n) is 3.58. The summed E-state index contributed by atoms with van der Waals surface area (Å²) in [5.41, 5.74) is 0.606. The summed E-state index contributed by atoms with van der Waals surface area (Å²) in [4.78, 5) is 38.4. The molecule has 3 unspecified atom stereocenters. The van der Waals surface area contributed by atoms with Crippen LogP contribution >= 0.6 is 15.9 Å². The molecule has 1 aromatic carbocycles. The van der Waals surface area contributed by atoms with Gasteiger partial charge in [-0.05, 0) is 31.9 Å². The smallest absolute Gasteiger partial charge is 0.329 e. The maximum Gasteiger partial charge on any atom is 0.329 e. The van der Waals surface area contributed by atoms with E-state index >= 15 is 0 Å². The first-order valence-electron chi connectivity index (χ1n) is 8.37. The number of esters is 1. The molecule has 0 spiro atoms. The van der Waals surface area contributed by atoms with E-state index in [9.17, 15) is 18.8 Å². The lowest BCUT2D eigenvalue weighted by Crippen LogP contribution is -2.44. The van der Waals surface area contributed by atoms with E-state index in [1.165, 1.54) is 25.1 Å². The van der Waals surface area contributed by atoms with Gasteiger partial charge in [0.1, 0.15) is 18.5 Å². The van der Waals surface area contributed by atoms with Crippen LogP contribution in [-0.2, 0) is 25.7 Å². The van der Waals surface area contributed by atoms with Crippen LogP contribution in [0.4, 0.5) is 4.39 Å². The van der Waals surface area contributed by atoms with Crippen LogP contribution in [-0.4, -0.2) is 28.7 Å². The van der Waals surface area contributed by atoms with Crippen molar-refractivity contribution < 1.29 is 23.5 Å². The first-order chi connectivity index (χ1) is 11.9. The van der Waals surface area contributed by atoms with Gasteiger partial charge in [-0.25, -0.2) is 9.18 Å². The second-order valence-corrected chi connectivity index (χ2v) is 7.42. The Hall–Kier alpha value is -1.76. The molecule has 5 nitrogen and oxygen atoms in total. The fraction of sp³-hybridized carbons (Fsp3) is 0.500. The third-order valence-electron chi connectivity index (χ3n) is 4.99. The number of hydrogen-bond acceptors (Lipinski definition) is 4. The van der Waals surface area contributed by atoms with Crippen LogP contribution in [0.1, 0.15) is 38.2 Å². The first-order valence-corrected chi connectivity index (χ1v) is 9.17. The summed E-state index contributed by atoms with van der Waals surface area (Å²) in [6.45, 7) is 1.45. The van der Waals surface area contributed by atoms with E-state index in [0.29, 0.717) is 22.9 Å². The van der Waals surface area contributed by atoms with Gasteiger partial charge in [-0.3, -0.25) is 14.5 Å². The van der Waals surface area contributed by atoms with Gasteiger partial charge in [-0.1, -0.05) is 34.8 Å². The predicted octanol–water partition coefficient (Wildman–Crippen LogP) is 3.20. The molecule has 1 saturated carbocycles. The van der Waals surface area contributed by atoms with E-state index in [0.717, 1.165) is 17.7 Å². The van der Waals surface area contributed by atoms with Crippen LogP contribution in [0.25, 0.3) is 0 Å². The van der Waals surface area contributed by atoms with E-state index in [-0.39, 0.29) is 30.3 Å². The van der Waals surface area contributed by atoms with Crippen molar-refractivity contribution in [1.29, 1.82) is 0 Å². The number of carbonyl (C=O) groups excluding carboxylic acids is 3. The Balaban J connectivity index is 1.66. The number of rotatable bonds is 4. The van der Waals surface area contributed by atoms with Crippen molar-refractivity contribution >= 4 is 33.7 Å². The van der Waals surface area contributed by atoms with Crippen LogP contribution in [0.3, 0.4) is 0 Å². The summed E-state index contributed by atoms with van der Waals surface area (Å²) in [6.07, 6.45) is 3.28. The average Bonchev–Trinajstić information content (AvgIpc) is 2.85. The van der Waals surface area contributed by atoms with Crippen LogP contribution in [0.2, 0.25) is 0 Å². The van der Waals surface area contributed by atoms with Crippen molar-refractivity contribution in [2.24, 2.45) is 11.8 Å². The third kappa shape index (κ3) is 3.47. The predicted molar refractivity (Wildman–Crippen MR) is 90.7 cm³/mol. The van der Waals surface area contributed by atoms with Crippen molar-refractivity contribution in [3.05, 3.63) is 34.1 Å². The number of nitrogens with zero attached hydrogens (tertiary/aromatic N) is 1. The molecule has 2 fully saturated rings. The largest absolute Gasteiger partial charge is 0.459 e. The number of ether oxygens (including phenoxy) is 1. The minimum atomic E-state index is -0.954. The molecule has 0 aromatic heterocycles. The number of fused-ring (bicyclic) bond motifs is 1. The quantitative estimate of drug-likeness (QED) is 0.563. The van der Waals surface area contributed by atoms with Crippen LogP contribution in [0.5, 0.6) is 0 Å². The molecule has 3 rings (SSSR count). The Labute approximate surface area is 153 Å². The number of imide groups is 1. The lowest BCUT2D eigenvalue weighted by atomic mass is 9.81.